The van der Waals surface area contributed by atoms with Crippen molar-refractivity contribution in [3.8, 4) is 22.8 Å². The average molecular weight is 540 g/mol. The van der Waals surface area contributed by atoms with Crippen molar-refractivity contribution >= 4 is 36.5 Å². The largest absolute Gasteiger partial charge is 0.497 e. The summed E-state index contributed by atoms with van der Waals surface area (Å²) in [5.41, 5.74) is 4.16. The normalized spacial score (nSPS) is 11.6. The molecular weight excluding hydrogens is 506 g/mol. The summed E-state index contributed by atoms with van der Waals surface area (Å²) in [5, 5.41) is 5.08. The van der Waals surface area contributed by atoms with Crippen molar-refractivity contribution in [3.63, 3.8) is 0 Å². The molecule has 2 heterocycles. The van der Waals surface area contributed by atoms with Crippen LogP contribution in [-0.2, 0) is 18.0 Å². The van der Waals surface area contributed by atoms with Crippen LogP contribution in [0, 0.1) is 0 Å². The van der Waals surface area contributed by atoms with Crippen LogP contribution in [0.25, 0.3) is 22.3 Å². The SMILES string of the molecule is COc1ccc(CN(C)c2nc(Cl)nc3c(-c4ccccc4)n(COCC[Si](C)(C)C)nc23)c(OC)c1. The van der Waals surface area contributed by atoms with Crippen LogP contribution in [0.15, 0.2) is 48.5 Å². The molecule has 0 radical (unpaired) electrons. The van der Waals surface area contributed by atoms with Crippen LogP contribution in [0.1, 0.15) is 5.56 Å². The van der Waals surface area contributed by atoms with Crippen molar-refractivity contribution in [3.05, 3.63) is 59.4 Å². The van der Waals surface area contributed by atoms with E-state index in [4.69, 9.17) is 30.9 Å². The van der Waals surface area contributed by atoms with E-state index >= 15 is 0 Å². The van der Waals surface area contributed by atoms with E-state index in [1.54, 1.807) is 14.2 Å². The first-order valence-corrected chi connectivity index (χ1v) is 16.3. The summed E-state index contributed by atoms with van der Waals surface area (Å²) in [4.78, 5) is 11.2. The first-order valence-electron chi connectivity index (χ1n) is 12.2. The Hall–Kier alpha value is -3.14. The molecule has 2 aromatic carbocycles. The predicted molar refractivity (Wildman–Crippen MR) is 152 cm³/mol. The molecule has 0 spiro atoms. The molecule has 0 bridgehead atoms. The molecule has 196 valence electrons. The fourth-order valence-electron chi connectivity index (χ4n) is 4.05. The third-order valence-corrected chi connectivity index (χ3v) is 7.94. The average Bonchev–Trinajstić information content (AvgIpc) is 3.24. The second kappa shape index (κ2) is 11.5. The van der Waals surface area contributed by atoms with Crippen molar-refractivity contribution in [2.75, 3.05) is 32.8 Å². The maximum absolute atomic E-state index is 6.46. The van der Waals surface area contributed by atoms with Crippen molar-refractivity contribution < 1.29 is 14.2 Å². The number of methoxy groups -OCH3 is 2. The molecule has 0 aliphatic carbocycles. The van der Waals surface area contributed by atoms with E-state index in [-0.39, 0.29) is 5.28 Å². The number of hydrogen-bond acceptors (Lipinski definition) is 7. The van der Waals surface area contributed by atoms with Gasteiger partial charge in [-0.15, -0.1) is 0 Å². The summed E-state index contributed by atoms with van der Waals surface area (Å²) in [7, 11) is 4.03. The van der Waals surface area contributed by atoms with Gasteiger partial charge in [0.05, 0.1) is 19.9 Å². The third-order valence-electron chi connectivity index (χ3n) is 6.06. The second-order valence-electron chi connectivity index (χ2n) is 10.1. The molecule has 0 saturated carbocycles. The molecule has 0 saturated heterocycles. The maximum atomic E-state index is 6.46. The maximum Gasteiger partial charge on any atom is 0.225 e. The first-order chi connectivity index (χ1) is 17.7. The molecule has 0 aliphatic heterocycles. The Morgan fingerprint density at radius 1 is 0.973 bits per heavy atom. The second-order valence-corrected chi connectivity index (χ2v) is 16.1. The molecule has 4 aromatic rings. The van der Waals surface area contributed by atoms with E-state index in [0.717, 1.165) is 34.4 Å². The zero-order valence-corrected chi connectivity index (χ0v) is 24.0. The van der Waals surface area contributed by atoms with Gasteiger partial charge in [-0.25, -0.2) is 9.67 Å². The summed E-state index contributed by atoms with van der Waals surface area (Å²) in [5.74, 6) is 2.09. The van der Waals surface area contributed by atoms with Gasteiger partial charge >= 0.3 is 0 Å². The monoisotopic (exact) mass is 539 g/mol. The smallest absolute Gasteiger partial charge is 0.225 e. The number of rotatable bonds is 11. The molecule has 4 rings (SSSR count). The van der Waals surface area contributed by atoms with E-state index in [2.05, 4.69) is 29.6 Å². The number of anilines is 1. The lowest BCUT2D eigenvalue weighted by molar-refractivity contribution is 0.0803. The lowest BCUT2D eigenvalue weighted by atomic mass is 10.1. The first kappa shape index (κ1) is 26.9. The summed E-state index contributed by atoms with van der Waals surface area (Å²) < 4.78 is 18.9. The zero-order chi connectivity index (χ0) is 26.6. The van der Waals surface area contributed by atoms with E-state index in [0.29, 0.717) is 36.7 Å². The van der Waals surface area contributed by atoms with Crippen LogP contribution < -0.4 is 14.4 Å². The van der Waals surface area contributed by atoms with Gasteiger partial charge in [-0.3, -0.25) is 0 Å². The van der Waals surface area contributed by atoms with Crippen LogP contribution in [0.5, 0.6) is 11.5 Å². The van der Waals surface area contributed by atoms with Gasteiger partial charge in [0, 0.05) is 45.5 Å². The summed E-state index contributed by atoms with van der Waals surface area (Å²) >= 11 is 6.46. The van der Waals surface area contributed by atoms with Gasteiger partial charge in [-0.05, 0) is 29.8 Å². The molecule has 37 heavy (non-hydrogen) atoms. The van der Waals surface area contributed by atoms with Gasteiger partial charge in [-0.2, -0.15) is 10.1 Å². The molecule has 2 aromatic heterocycles. The minimum absolute atomic E-state index is 0.160. The number of benzene rings is 2. The number of aromatic nitrogens is 4. The Bertz CT molecular complexity index is 1360. The standard InChI is InChI=1S/C27H34ClN5O3Si/c1-32(17-20-12-13-21(34-2)16-22(20)35-3)26-24-23(29-27(28)30-26)25(19-10-8-7-9-11-19)33(31-24)18-36-14-15-37(4,5)6/h7-13,16H,14-15,17-18H2,1-6H3. The van der Waals surface area contributed by atoms with Crippen molar-refractivity contribution in [1.82, 2.24) is 19.7 Å². The lowest BCUT2D eigenvalue weighted by Crippen LogP contribution is -2.22. The van der Waals surface area contributed by atoms with E-state index in [9.17, 15) is 0 Å². The van der Waals surface area contributed by atoms with E-state index in [1.165, 1.54) is 0 Å². The third kappa shape index (κ3) is 6.41. The molecule has 0 amide bonds. The Kier molecular flexibility index (Phi) is 8.36. The van der Waals surface area contributed by atoms with Gasteiger partial charge in [0.1, 0.15) is 23.7 Å². The van der Waals surface area contributed by atoms with E-state index in [1.807, 2.05) is 65.2 Å². The topological polar surface area (TPSA) is 74.5 Å². The Labute approximate surface area is 224 Å². The number of halogens is 1. The van der Waals surface area contributed by atoms with Gasteiger partial charge in [0.25, 0.3) is 0 Å². The van der Waals surface area contributed by atoms with Crippen molar-refractivity contribution in [2.24, 2.45) is 0 Å². The van der Waals surface area contributed by atoms with Crippen LogP contribution in [0.3, 0.4) is 0 Å². The highest BCUT2D eigenvalue weighted by Gasteiger charge is 2.22. The lowest BCUT2D eigenvalue weighted by Gasteiger charge is -2.20. The van der Waals surface area contributed by atoms with Crippen LogP contribution in [0.4, 0.5) is 5.82 Å². The fraction of sp³-hybridized carbons (Fsp3) is 0.370. The highest BCUT2D eigenvalue weighted by molar-refractivity contribution is 6.76. The van der Waals surface area contributed by atoms with Gasteiger partial charge < -0.3 is 19.1 Å². The summed E-state index contributed by atoms with van der Waals surface area (Å²) in [6.07, 6.45) is 0. The molecule has 0 atom stereocenters. The predicted octanol–water partition coefficient (Wildman–Crippen LogP) is 6.11. The highest BCUT2D eigenvalue weighted by Crippen LogP contribution is 2.34. The highest BCUT2D eigenvalue weighted by atomic mass is 35.5. The number of hydrogen-bond donors (Lipinski definition) is 0. The van der Waals surface area contributed by atoms with Crippen LogP contribution in [-0.4, -0.2) is 55.7 Å². The molecule has 0 fully saturated rings. The molecule has 0 aliphatic rings. The Morgan fingerprint density at radius 3 is 2.41 bits per heavy atom. The molecule has 0 N–H and O–H groups in total. The quantitative estimate of drug-likeness (QED) is 0.129. The van der Waals surface area contributed by atoms with Crippen LogP contribution >= 0.6 is 11.6 Å². The summed E-state index contributed by atoms with van der Waals surface area (Å²) in [6.45, 7) is 8.55. The zero-order valence-electron chi connectivity index (χ0n) is 22.3. The summed E-state index contributed by atoms with van der Waals surface area (Å²) in [6, 6.07) is 16.9. The fourth-order valence-corrected chi connectivity index (χ4v) is 4.97. The Balaban J connectivity index is 1.74. The van der Waals surface area contributed by atoms with Gasteiger partial charge in [0.2, 0.25) is 5.28 Å². The number of fused-ring (bicyclic) bond motifs is 1. The molecule has 0 unspecified atom stereocenters. The van der Waals surface area contributed by atoms with Gasteiger partial charge in [-0.1, -0.05) is 50.0 Å². The molecule has 10 heteroatoms. The van der Waals surface area contributed by atoms with Crippen LogP contribution in [0.2, 0.25) is 31.0 Å². The van der Waals surface area contributed by atoms with Crippen molar-refractivity contribution in [1.29, 1.82) is 0 Å². The molecule has 8 nitrogen and oxygen atoms in total. The van der Waals surface area contributed by atoms with E-state index < -0.39 is 8.07 Å². The van der Waals surface area contributed by atoms with Gasteiger partial charge in [0.15, 0.2) is 11.3 Å². The minimum atomic E-state index is -1.21. The minimum Gasteiger partial charge on any atom is -0.497 e. The number of nitrogens with zero attached hydrogens (tertiary/aromatic N) is 5. The molecular formula is C27H34ClN5O3Si. The van der Waals surface area contributed by atoms with Crippen molar-refractivity contribution in [2.45, 2.75) is 39.0 Å². The Morgan fingerprint density at radius 2 is 1.73 bits per heavy atom. The number of ether oxygens (including phenoxy) is 3.